The first-order valence-electron chi connectivity index (χ1n) is 8.14. The topological polar surface area (TPSA) is 75.5 Å². The fourth-order valence-electron chi connectivity index (χ4n) is 2.98. The summed E-state index contributed by atoms with van der Waals surface area (Å²) >= 11 is 0. The second-order valence-electron chi connectivity index (χ2n) is 6.49. The van der Waals surface area contributed by atoms with Crippen molar-refractivity contribution >= 4 is 11.6 Å². The van der Waals surface area contributed by atoms with E-state index >= 15 is 0 Å². The van der Waals surface area contributed by atoms with E-state index in [-0.39, 0.29) is 29.1 Å². The third-order valence-electron chi connectivity index (χ3n) is 4.50. The Morgan fingerprint density at radius 2 is 2.26 bits per heavy atom. The van der Waals surface area contributed by atoms with E-state index in [1.165, 1.54) is 6.42 Å². The Hall–Kier alpha value is -1.95. The minimum atomic E-state index is -0.369. The van der Waals surface area contributed by atoms with Crippen molar-refractivity contribution in [3.8, 4) is 0 Å². The number of carbonyl (C=O) groups is 1. The van der Waals surface area contributed by atoms with Crippen molar-refractivity contribution in [3.63, 3.8) is 0 Å². The second-order valence-corrected chi connectivity index (χ2v) is 6.49. The van der Waals surface area contributed by atoms with E-state index in [1.807, 2.05) is 17.9 Å². The van der Waals surface area contributed by atoms with E-state index in [4.69, 9.17) is 0 Å². The van der Waals surface area contributed by atoms with Crippen LogP contribution in [-0.2, 0) is 4.79 Å². The number of piperidine rings is 1. The van der Waals surface area contributed by atoms with Crippen LogP contribution in [0.25, 0.3) is 0 Å². The predicted octanol–water partition coefficient (Wildman–Crippen LogP) is 2.81. The lowest BCUT2D eigenvalue weighted by atomic mass is 10.0. The summed E-state index contributed by atoms with van der Waals surface area (Å²) in [5.41, 5.74) is 1.58. The van der Waals surface area contributed by atoms with Gasteiger partial charge in [0.25, 0.3) is 5.69 Å². The second kappa shape index (κ2) is 7.55. The van der Waals surface area contributed by atoms with Crippen molar-refractivity contribution in [3.05, 3.63) is 39.4 Å². The third kappa shape index (κ3) is 4.51. The molecule has 6 heteroatoms. The first-order chi connectivity index (χ1) is 10.9. The Morgan fingerprint density at radius 1 is 1.52 bits per heavy atom. The molecule has 1 aromatic rings. The van der Waals surface area contributed by atoms with Gasteiger partial charge in [-0.25, -0.2) is 0 Å². The van der Waals surface area contributed by atoms with Crippen LogP contribution >= 0.6 is 0 Å². The Labute approximate surface area is 137 Å². The molecule has 1 N–H and O–H groups in total. The first kappa shape index (κ1) is 17.4. The minimum Gasteiger partial charge on any atom is -0.341 e. The Kier molecular flexibility index (Phi) is 5.71. The van der Waals surface area contributed by atoms with Crippen molar-refractivity contribution in [1.82, 2.24) is 10.2 Å². The number of nitro benzene ring substituents is 1. The molecule has 1 fully saturated rings. The maximum absolute atomic E-state index is 12.3. The van der Waals surface area contributed by atoms with Crippen LogP contribution in [0.5, 0.6) is 0 Å². The van der Waals surface area contributed by atoms with Crippen molar-refractivity contribution < 1.29 is 9.72 Å². The summed E-state index contributed by atoms with van der Waals surface area (Å²) in [5.74, 6) is 0.662. The number of likely N-dealkylation sites (tertiary alicyclic amines) is 1. The van der Waals surface area contributed by atoms with Crippen LogP contribution in [0, 0.1) is 23.0 Å². The van der Waals surface area contributed by atoms with Gasteiger partial charge in [0, 0.05) is 30.8 Å². The third-order valence-corrected chi connectivity index (χ3v) is 4.50. The summed E-state index contributed by atoms with van der Waals surface area (Å²) in [6.45, 7) is 7.72. The summed E-state index contributed by atoms with van der Waals surface area (Å²) < 4.78 is 0. The van der Waals surface area contributed by atoms with Crippen LogP contribution < -0.4 is 5.32 Å². The molecule has 0 aromatic heterocycles. The quantitative estimate of drug-likeness (QED) is 0.669. The van der Waals surface area contributed by atoms with Crippen molar-refractivity contribution in [2.24, 2.45) is 5.92 Å². The van der Waals surface area contributed by atoms with E-state index in [2.05, 4.69) is 12.2 Å². The first-order valence-corrected chi connectivity index (χ1v) is 8.14. The normalized spacial score (nSPS) is 19.4. The van der Waals surface area contributed by atoms with Crippen molar-refractivity contribution in [2.45, 2.75) is 39.7 Å². The number of nitrogens with zero attached hydrogens (tertiary/aromatic N) is 2. The molecule has 0 spiro atoms. The lowest BCUT2D eigenvalue weighted by Crippen LogP contribution is -2.43. The molecule has 126 valence electrons. The average Bonchev–Trinajstić information content (AvgIpc) is 2.52. The molecule has 0 aliphatic carbocycles. The fourth-order valence-corrected chi connectivity index (χ4v) is 2.98. The highest BCUT2D eigenvalue weighted by Crippen LogP contribution is 2.23. The molecule has 0 bridgehead atoms. The van der Waals surface area contributed by atoms with E-state index in [1.54, 1.807) is 19.1 Å². The lowest BCUT2D eigenvalue weighted by Gasteiger charge is -2.31. The highest BCUT2D eigenvalue weighted by Gasteiger charge is 2.21. The summed E-state index contributed by atoms with van der Waals surface area (Å²) in [6.07, 6.45) is 2.24. The van der Waals surface area contributed by atoms with Gasteiger partial charge in [0.1, 0.15) is 0 Å². The molecule has 1 heterocycles. The van der Waals surface area contributed by atoms with Gasteiger partial charge in [-0.1, -0.05) is 19.1 Å². The smallest absolute Gasteiger partial charge is 0.272 e. The van der Waals surface area contributed by atoms with Gasteiger partial charge in [0.05, 0.1) is 11.5 Å². The molecular formula is C17H25N3O3. The molecule has 0 saturated carbocycles. The van der Waals surface area contributed by atoms with E-state index in [0.29, 0.717) is 11.5 Å². The summed E-state index contributed by atoms with van der Waals surface area (Å²) in [6, 6.07) is 5.09. The Balaban J connectivity index is 1.94. The largest absolute Gasteiger partial charge is 0.341 e. The number of hydrogen-bond donors (Lipinski definition) is 1. The van der Waals surface area contributed by atoms with Crippen molar-refractivity contribution in [2.75, 3.05) is 19.6 Å². The number of nitrogens with one attached hydrogen (secondary N) is 1. The monoisotopic (exact) mass is 319 g/mol. The van der Waals surface area contributed by atoms with Gasteiger partial charge < -0.3 is 10.2 Å². The molecule has 1 amide bonds. The molecule has 0 radical (unpaired) electrons. The van der Waals surface area contributed by atoms with Gasteiger partial charge in [0.15, 0.2) is 0 Å². The summed E-state index contributed by atoms with van der Waals surface area (Å²) in [5, 5.41) is 14.2. The van der Waals surface area contributed by atoms with E-state index in [0.717, 1.165) is 25.1 Å². The lowest BCUT2D eigenvalue weighted by molar-refractivity contribution is -0.385. The van der Waals surface area contributed by atoms with Gasteiger partial charge >= 0.3 is 0 Å². The number of rotatable bonds is 5. The molecule has 1 saturated heterocycles. The molecule has 6 nitrogen and oxygen atoms in total. The zero-order chi connectivity index (χ0) is 17.0. The number of nitro groups is 1. The van der Waals surface area contributed by atoms with Gasteiger partial charge in [0.2, 0.25) is 5.91 Å². The molecule has 2 atom stereocenters. The van der Waals surface area contributed by atoms with Crippen molar-refractivity contribution in [1.29, 1.82) is 0 Å². The highest BCUT2D eigenvalue weighted by atomic mass is 16.6. The van der Waals surface area contributed by atoms with Crippen LogP contribution in [0.2, 0.25) is 0 Å². The standard InChI is InChI=1S/C17H25N3O3/c1-12-5-4-8-19(11-12)17(21)10-18-14(3)15-7-6-13(2)16(9-15)20(22)23/h6-7,9,12,14,18H,4-5,8,10-11H2,1-3H3. The maximum atomic E-state index is 12.3. The van der Waals surface area contributed by atoms with Crippen LogP contribution in [0.3, 0.4) is 0 Å². The summed E-state index contributed by atoms with van der Waals surface area (Å²) in [7, 11) is 0. The Bertz CT molecular complexity index is 588. The van der Waals surface area contributed by atoms with E-state index in [9.17, 15) is 14.9 Å². The number of benzene rings is 1. The maximum Gasteiger partial charge on any atom is 0.272 e. The van der Waals surface area contributed by atoms with Gasteiger partial charge in [-0.2, -0.15) is 0 Å². The van der Waals surface area contributed by atoms with Gasteiger partial charge in [-0.05, 0) is 38.2 Å². The molecule has 2 rings (SSSR count). The fraction of sp³-hybridized carbons (Fsp3) is 0.588. The molecule has 1 aromatic carbocycles. The predicted molar refractivity (Wildman–Crippen MR) is 89.2 cm³/mol. The number of hydrogen-bond acceptors (Lipinski definition) is 4. The highest BCUT2D eigenvalue weighted by molar-refractivity contribution is 5.78. The average molecular weight is 319 g/mol. The molecule has 23 heavy (non-hydrogen) atoms. The van der Waals surface area contributed by atoms with E-state index < -0.39 is 0 Å². The van der Waals surface area contributed by atoms with Crippen LogP contribution in [0.1, 0.15) is 43.9 Å². The minimum absolute atomic E-state index is 0.102. The van der Waals surface area contributed by atoms with Crippen LogP contribution in [0.15, 0.2) is 18.2 Å². The van der Waals surface area contributed by atoms with Crippen LogP contribution in [-0.4, -0.2) is 35.4 Å². The molecule has 1 aliphatic rings. The zero-order valence-electron chi connectivity index (χ0n) is 14.0. The number of amides is 1. The van der Waals surface area contributed by atoms with Crippen LogP contribution in [0.4, 0.5) is 5.69 Å². The molecule has 1 aliphatic heterocycles. The SMILES string of the molecule is Cc1ccc(C(C)NCC(=O)N2CCCC(C)C2)cc1[N+](=O)[O-]. The Morgan fingerprint density at radius 3 is 2.91 bits per heavy atom. The van der Waals surface area contributed by atoms with Gasteiger partial charge in [-0.3, -0.25) is 14.9 Å². The zero-order valence-corrected chi connectivity index (χ0v) is 14.0. The van der Waals surface area contributed by atoms with Gasteiger partial charge in [-0.15, -0.1) is 0 Å². The molecular weight excluding hydrogens is 294 g/mol. The number of aryl methyl sites for hydroxylation is 1. The number of carbonyl (C=O) groups excluding carboxylic acids is 1. The molecule has 2 unspecified atom stereocenters. The summed E-state index contributed by atoms with van der Waals surface area (Å²) in [4.78, 5) is 24.8.